The van der Waals surface area contributed by atoms with Crippen LogP contribution in [0.5, 0.6) is 0 Å². The number of nitrogens with zero attached hydrogens (tertiary/aromatic N) is 4. The van der Waals surface area contributed by atoms with E-state index in [2.05, 4.69) is 25.6 Å². The van der Waals surface area contributed by atoms with E-state index in [-0.39, 0.29) is 5.91 Å². The maximum absolute atomic E-state index is 11.6. The van der Waals surface area contributed by atoms with Crippen LogP contribution in [0, 0.1) is 0 Å². The minimum Gasteiger partial charge on any atom is -0.382 e. The molecule has 0 fully saturated rings. The molecule has 0 unspecified atom stereocenters. The van der Waals surface area contributed by atoms with Crippen molar-refractivity contribution in [2.24, 2.45) is 0 Å². The number of hydrogen-bond donors (Lipinski definition) is 3. The van der Waals surface area contributed by atoms with E-state index in [1.165, 1.54) is 0 Å². The smallest absolute Gasteiger partial charge is 0.220 e. The number of hydrogen-bond acceptors (Lipinski definition) is 5. The Morgan fingerprint density at radius 3 is 2.96 bits per heavy atom. The molecule has 4 aromatic rings. The summed E-state index contributed by atoms with van der Waals surface area (Å²) in [5.74, 6) is 0.467. The van der Waals surface area contributed by atoms with Crippen LogP contribution in [-0.4, -0.2) is 37.4 Å². The molecule has 0 aliphatic rings. The fourth-order valence-corrected chi connectivity index (χ4v) is 3.23. The number of nitrogens with one attached hydrogen (secondary N) is 2. The van der Waals surface area contributed by atoms with Crippen LogP contribution < -0.4 is 11.1 Å². The Kier molecular flexibility index (Phi) is 4.45. The topological polar surface area (TPSA) is 115 Å². The van der Waals surface area contributed by atoms with Crippen molar-refractivity contribution in [1.82, 2.24) is 30.3 Å². The zero-order chi connectivity index (χ0) is 18.8. The standard InChI is InChI=1S/C19H21N7O/c1-2-21-17(27)4-3-9-26-11-14-13-6-5-12(15-7-8-22-24-15)10-16(13)23-19(20)18(14)25-26/h5-8,10-11H,2-4,9H2,1H3,(H2,20,23)(H,21,27)(H,22,24). The lowest BCUT2D eigenvalue weighted by atomic mass is 10.1. The number of aromatic nitrogens is 5. The van der Waals surface area contributed by atoms with Crippen LogP contribution in [0.1, 0.15) is 19.8 Å². The van der Waals surface area contributed by atoms with Gasteiger partial charge in [-0.3, -0.25) is 14.6 Å². The van der Waals surface area contributed by atoms with E-state index in [0.29, 0.717) is 30.8 Å². The lowest BCUT2D eigenvalue weighted by molar-refractivity contribution is -0.121. The second-order valence-corrected chi connectivity index (χ2v) is 6.41. The highest BCUT2D eigenvalue weighted by atomic mass is 16.1. The number of anilines is 1. The Morgan fingerprint density at radius 2 is 2.19 bits per heavy atom. The normalized spacial score (nSPS) is 11.3. The minimum atomic E-state index is 0.0622. The molecule has 3 heterocycles. The lowest BCUT2D eigenvalue weighted by Crippen LogP contribution is -2.22. The van der Waals surface area contributed by atoms with E-state index in [1.807, 2.05) is 42.1 Å². The Hall–Kier alpha value is -3.42. The molecule has 1 aromatic carbocycles. The first-order valence-electron chi connectivity index (χ1n) is 8.98. The van der Waals surface area contributed by atoms with Gasteiger partial charge in [0.15, 0.2) is 5.82 Å². The number of H-pyrrole nitrogens is 1. The number of amides is 1. The summed E-state index contributed by atoms with van der Waals surface area (Å²) >= 11 is 0. The average molecular weight is 363 g/mol. The Morgan fingerprint density at radius 1 is 1.30 bits per heavy atom. The Bertz CT molecular complexity index is 1100. The van der Waals surface area contributed by atoms with Gasteiger partial charge < -0.3 is 11.1 Å². The number of carbonyl (C=O) groups excluding carboxylic acids is 1. The third-order valence-electron chi connectivity index (χ3n) is 4.51. The SMILES string of the molecule is CCNC(=O)CCCn1cc2c(n1)c(N)nc1cc(-c3ccn[nH]3)ccc12. The molecule has 0 radical (unpaired) electrons. The number of nitrogens with two attached hydrogens (primary N) is 1. The molecule has 27 heavy (non-hydrogen) atoms. The Labute approximate surface area is 155 Å². The van der Waals surface area contributed by atoms with E-state index in [0.717, 1.165) is 34.0 Å². The molecule has 0 aliphatic carbocycles. The fraction of sp³-hybridized carbons (Fsp3) is 0.263. The number of aryl methyl sites for hydroxylation is 1. The van der Waals surface area contributed by atoms with Crippen molar-refractivity contribution in [3.63, 3.8) is 0 Å². The van der Waals surface area contributed by atoms with Gasteiger partial charge in [0.05, 0.1) is 11.2 Å². The van der Waals surface area contributed by atoms with Gasteiger partial charge in [0.25, 0.3) is 0 Å². The highest BCUT2D eigenvalue weighted by molar-refractivity contribution is 6.08. The zero-order valence-corrected chi connectivity index (χ0v) is 15.1. The summed E-state index contributed by atoms with van der Waals surface area (Å²) in [6, 6.07) is 7.96. The van der Waals surface area contributed by atoms with Gasteiger partial charge in [0.2, 0.25) is 5.91 Å². The van der Waals surface area contributed by atoms with E-state index >= 15 is 0 Å². The van der Waals surface area contributed by atoms with Crippen molar-refractivity contribution in [2.45, 2.75) is 26.3 Å². The van der Waals surface area contributed by atoms with Crippen molar-refractivity contribution < 1.29 is 4.79 Å². The fourth-order valence-electron chi connectivity index (χ4n) is 3.23. The molecule has 1 amide bonds. The summed E-state index contributed by atoms with van der Waals surface area (Å²) in [4.78, 5) is 16.1. The largest absolute Gasteiger partial charge is 0.382 e. The lowest BCUT2D eigenvalue weighted by Gasteiger charge is -2.03. The quantitative estimate of drug-likeness (QED) is 0.487. The molecule has 0 saturated heterocycles. The van der Waals surface area contributed by atoms with Gasteiger partial charge in [0.1, 0.15) is 5.52 Å². The number of nitrogen functional groups attached to an aromatic ring is 1. The molecule has 138 valence electrons. The zero-order valence-electron chi connectivity index (χ0n) is 15.1. The Balaban J connectivity index is 1.65. The van der Waals surface area contributed by atoms with Crippen LogP contribution in [0.2, 0.25) is 0 Å². The van der Waals surface area contributed by atoms with Gasteiger partial charge in [-0.15, -0.1) is 0 Å². The van der Waals surface area contributed by atoms with Crippen molar-refractivity contribution in [3.05, 3.63) is 36.7 Å². The molecule has 0 aliphatic heterocycles. The molecular formula is C19H21N7O. The van der Waals surface area contributed by atoms with Crippen LogP contribution in [0.15, 0.2) is 36.7 Å². The molecule has 0 bridgehead atoms. The van der Waals surface area contributed by atoms with E-state index < -0.39 is 0 Å². The maximum atomic E-state index is 11.6. The summed E-state index contributed by atoms with van der Waals surface area (Å²) < 4.78 is 1.84. The first-order valence-corrected chi connectivity index (χ1v) is 8.98. The third-order valence-corrected chi connectivity index (χ3v) is 4.51. The van der Waals surface area contributed by atoms with E-state index in [4.69, 9.17) is 5.73 Å². The van der Waals surface area contributed by atoms with Gasteiger partial charge in [-0.05, 0) is 25.5 Å². The average Bonchev–Trinajstić information content (AvgIpc) is 3.32. The van der Waals surface area contributed by atoms with Crippen LogP contribution >= 0.6 is 0 Å². The predicted octanol–water partition coefficient (Wildman–Crippen LogP) is 2.47. The minimum absolute atomic E-state index is 0.0622. The van der Waals surface area contributed by atoms with E-state index in [9.17, 15) is 4.79 Å². The number of carbonyl (C=O) groups is 1. The second-order valence-electron chi connectivity index (χ2n) is 6.41. The highest BCUT2D eigenvalue weighted by Gasteiger charge is 2.12. The summed E-state index contributed by atoms with van der Waals surface area (Å²) in [6.07, 6.45) is 4.89. The molecule has 4 N–H and O–H groups in total. The van der Waals surface area contributed by atoms with Crippen LogP contribution in [0.25, 0.3) is 33.1 Å². The molecule has 0 atom stereocenters. The first kappa shape index (κ1) is 17.0. The van der Waals surface area contributed by atoms with Crippen LogP contribution in [0.4, 0.5) is 5.82 Å². The monoisotopic (exact) mass is 363 g/mol. The van der Waals surface area contributed by atoms with Crippen molar-refractivity contribution in [3.8, 4) is 11.3 Å². The van der Waals surface area contributed by atoms with Crippen LogP contribution in [0.3, 0.4) is 0 Å². The van der Waals surface area contributed by atoms with Gasteiger partial charge >= 0.3 is 0 Å². The van der Waals surface area contributed by atoms with Gasteiger partial charge in [0, 0.05) is 48.2 Å². The molecule has 0 saturated carbocycles. The van der Waals surface area contributed by atoms with Gasteiger partial charge in [-0.1, -0.05) is 12.1 Å². The molecule has 0 spiro atoms. The van der Waals surface area contributed by atoms with Crippen molar-refractivity contribution in [1.29, 1.82) is 0 Å². The molecule has 8 heteroatoms. The second kappa shape index (κ2) is 7.06. The molecular weight excluding hydrogens is 342 g/mol. The summed E-state index contributed by atoms with van der Waals surface area (Å²) in [7, 11) is 0. The first-order chi connectivity index (χ1) is 13.2. The van der Waals surface area contributed by atoms with Gasteiger partial charge in [-0.2, -0.15) is 10.2 Å². The summed E-state index contributed by atoms with van der Waals surface area (Å²) in [5, 5.41) is 16.3. The third kappa shape index (κ3) is 3.33. The van der Waals surface area contributed by atoms with Crippen LogP contribution in [-0.2, 0) is 11.3 Å². The van der Waals surface area contributed by atoms with Crippen molar-refractivity contribution >= 4 is 33.5 Å². The summed E-state index contributed by atoms with van der Waals surface area (Å²) in [5.41, 5.74) is 9.58. The molecule has 8 nitrogen and oxygen atoms in total. The number of benzene rings is 1. The van der Waals surface area contributed by atoms with Crippen molar-refractivity contribution in [2.75, 3.05) is 12.3 Å². The maximum Gasteiger partial charge on any atom is 0.220 e. The molecule has 4 rings (SSSR count). The highest BCUT2D eigenvalue weighted by Crippen LogP contribution is 2.29. The number of aromatic amines is 1. The van der Waals surface area contributed by atoms with E-state index in [1.54, 1.807) is 6.20 Å². The summed E-state index contributed by atoms with van der Waals surface area (Å²) in [6.45, 7) is 3.22. The van der Waals surface area contributed by atoms with Gasteiger partial charge in [-0.25, -0.2) is 4.98 Å². The number of rotatable bonds is 6. The number of pyridine rings is 1. The molecule has 3 aromatic heterocycles. The number of fused-ring (bicyclic) bond motifs is 3. The predicted molar refractivity (Wildman–Crippen MR) is 105 cm³/mol.